The van der Waals surface area contributed by atoms with Crippen LogP contribution in [-0.4, -0.2) is 25.7 Å². The first-order valence-corrected chi connectivity index (χ1v) is 8.26. The predicted octanol–water partition coefficient (Wildman–Crippen LogP) is 2.19. The summed E-state index contributed by atoms with van der Waals surface area (Å²) in [5.74, 6) is -0.315. The Kier molecular flexibility index (Phi) is 4.28. The van der Waals surface area contributed by atoms with Crippen LogP contribution >= 0.6 is 0 Å². The van der Waals surface area contributed by atoms with Crippen molar-refractivity contribution < 1.29 is 18.3 Å². The number of phenols is 1. The molecule has 0 aliphatic heterocycles. The second-order valence-electron chi connectivity index (χ2n) is 4.77. The minimum absolute atomic E-state index is 0.0541. The molecule has 0 aromatic heterocycles. The number of hydrogen-bond donors (Lipinski definition) is 2. The van der Waals surface area contributed by atoms with E-state index in [1.54, 1.807) is 36.4 Å². The summed E-state index contributed by atoms with van der Waals surface area (Å²) < 4.78 is 22.4. The molecule has 0 spiro atoms. The molecule has 2 rings (SSSR count). The Bertz CT molecular complexity index is 751. The van der Waals surface area contributed by atoms with E-state index in [0.29, 0.717) is 16.8 Å². The average molecular weight is 305 g/mol. The second kappa shape index (κ2) is 5.97. The van der Waals surface area contributed by atoms with Crippen LogP contribution in [0.15, 0.2) is 48.5 Å². The lowest BCUT2D eigenvalue weighted by Gasteiger charge is -2.06. The van der Waals surface area contributed by atoms with Gasteiger partial charge in [-0.2, -0.15) is 0 Å². The van der Waals surface area contributed by atoms with Gasteiger partial charge in [-0.15, -0.1) is 0 Å². The number of rotatable bonds is 4. The van der Waals surface area contributed by atoms with E-state index in [-0.39, 0.29) is 17.4 Å². The van der Waals surface area contributed by atoms with E-state index in [1.165, 1.54) is 12.1 Å². The monoisotopic (exact) mass is 305 g/mol. The first-order chi connectivity index (χ1) is 9.83. The highest BCUT2D eigenvalue weighted by atomic mass is 32.2. The van der Waals surface area contributed by atoms with Crippen LogP contribution in [0.3, 0.4) is 0 Å². The molecule has 2 aromatic carbocycles. The number of hydrogen-bond acceptors (Lipinski definition) is 4. The smallest absolute Gasteiger partial charge is 0.255 e. The number of anilines is 1. The molecule has 21 heavy (non-hydrogen) atoms. The standard InChI is InChI=1S/C15H15NO4S/c1-21(19,20)10-11-5-7-12(8-6-11)15(18)16-13-3-2-4-14(17)9-13/h2-9,17H,10H2,1H3,(H,16,18). The van der Waals surface area contributed by atoms with Gasteiger partial charge in [0.2, 0.25) is 0 Å². The van der Waals surface area contributed by atoms with E-state index in [0.717, 1.165) is 6.26 Å². The van der Waals surface area contributed by atoms with Gasteiger partial charge in [-0.1, -0.05) is 18.2 Å². The molecular formula is C15H15NO4S. The number of benzene rings is 2. The van der Waals surface area contributed by atoms with Crippen molar-refractivity contribution in [3.8, 4) is 5.75 Å². The van der Waals surface area contributed by atoms with Gasteiger partial charge in [-0.05, 0) is 29.8 Å². The maximum Gasteiger partial charge on any atom is 0.255 e. The Morgan fingerprint density at radius 1 is 1.14 bits per heavy atom. The number of nitrogens with one attached hydrogen (secondary N) is 1. The Hall–Kier alpha value is -2.34. The summed E-state index contributed by atoms with van der Waals surface area (Å²) in [6.07, 6.45) is 1.16. The van der Waals surface area contributed by atoms with Crippen LogP contribution in [0, 0.1) is 0 Å². The van der Waals surface area contributed by atoms with Crippen LogP contribution in [0.25, 0.3) is 0 Å². The predicted molar refractivity (Wildman–Crippen MR) is 81.0 cm³/mol. The molecule has 2 N–H and O–H groups in total. The summed E-state index contributed by atoms with van der Waals surface area (Å²) in [4.78, 5) is 12.0. The fraction of sp³-hybridized carbons (Fsp3) is 0.133. The maximum absolute atomic E-state index is 12.0. The van der Waals surface area contributed by atoms with E-state index in [1.807, 2.05) is 0 Å². The van der Waals surface area contributed by atoms with Crippen molar-refractivity contribution >= 4 is 21.4 Å². The van der Waals surface area contributed by atoms with Crippen LogP contribution in [0.4, 0.5) is 5.69 Å². The Balaban J connectivity index is 2.10. The summed E-state index contributed by atoms with van der Waals surface area (Å²) in [5.41, 5.74) is 1.53. The summed E-state index contributed by atoms with van der Waals surface area (Å²) >= 11 is 0. The topological polar surface area (TPSA) is 83.5 Å². The van der Waals surface area contributed by atoms with Crippen molar-refractivity contribution in [1.82, 2.24) is 0 Å². The minimum atomic E-state index is -3.09. The van der Waals surface area contributed by atoms with Gasteiger partial charge < -0.3 is 10.4 Å². The van der Waals surface area contributed by atoms with E-state index in [9.17, 15) is 18.3 Å². The molecule has 0 atom stereocenters. The fourth-order valence-electron chi connectivity index (χ4n) is 1.84. The van der Waals surface area contributed by atoms with Gasteiger partial charge >= 0.3 is 0 Å². The van der Waals surface area contributed by atoms with Gasteiger partial charge in [-0.3, -0.25) is 4.79 Å². The lowest BCUT2D eigenvalue weighted by molar-refractivity contribution is 0.102. The van der Waals surface area contributed by atoms with E-state index in [4.69, 9.17) is 0 Å². The Morgan fingerprint density at radius 3 is 2.38 bits per heavy atom. The summed E-state index contributed by atoms with van der Waals surface area (Å²) in [6.45, 7) is 0. The highest BCUT2D eigenvalue weighted by Gasteiger charge is 2.08. The zero-order valence-corrected chi connectivity index (χ0v) is 12.2. The summed E-state index contributed by atoms with van der Waals surface area (Å²) in [6, 6.07) is 12.6. The van der Waals surface area contributed by atoms with Crippen LogP contribution in [0.5, 0.6) is 5.75 Å². The Labute approximate surface area is 123 Å². The molecule has 5 nitrogen and oxygen atoms in total. The van der Waals surface area contributed by atoms with Gasteiger partial charge in [-0.25, -0.2) is 8.42 Å². The lowest BCUT2D eigenvalue weighted by atomic mass is 10.1. The number of carbonyl (C=O) groups is 1. The molecule has 0 aliphatic carbocycles. The number of amides is 1. The zero-order valence-electron chi connectivity index (χ0n) is 11.4. The maximum atomic E-state index is 12.0. The van der Waals surface area contributed by atoms with E-state index in [2.05, 4.69) is 5.32 Å². The van der Waals surface area contributed by atoms with Crippen molar-refractivity contribution in [3.05, 3.63) is 59.7 Å². The third kappa shape index (κ3) is 4.61. The average Bonchev–Trinajstić information content (AvgIpc) is 2.37. The molecule has 0 fully saturated rings. The van der Waals surface area contributed by atoms with Crippen LogP contribution in [-0.2, 0) is 15.6 Å². The molecule has 1 amide bonds. The van der Waals surface area contributed by atoms with Crippen molar-refractivity contribution in [2.24, 2.45) is 0 Å². The van der Waals surface area contributed by atoms with Gasteiger partial charge in [0.1, 0.15) is 5.75 Å². The number of carbonyl (C=O) groups excluding carboxylic acids is 1. The van der Waals surface area contributed by atoms with Crippen molar-refractivity contribution in [2.75, 3.05) is 11.6 Å². The Morgan fingerprint density at radius 2 is 1.81 bits per heavy atom. The van der Waals surface area contributed by atoms with Crippen molar-refractivity contribution in [3.63, 3.8) is 0 Å². The molecule has 110 valence electrons. The number of sulfone groups is 1. The molecule has 0 saturated carbocycles. The molecular weight excluding hydrogens is 290 g/mol. The molecule has 6 heteroatoms. The fourth-order valence-corrected chi connectivity index (χ4v) is 2.64. The highest BCUT2D eigenvalue weighted by molar-refractivity contribution is 7.89. The zero-order chi connectivity index (χ0) is 15.5. The van der Waals surface area contributed by atoms with Gasteiger partial charge in [0.25, 0.3) is 5.91 Å². The van der Waals surface area contributed by atoms with Crippen LogP contribution in [0.1, 0.15) is 15.9 Å². The lowest BCUT2D eigenvalue weighted by Crippen LogP contribution is -2.12. The van der Waals surface area contributed by atoms with Crippen molar-refractivity contribution in [2.45, 2.75) is 5.75 Å². The van der Waals surface area contributed by atoms with Crippen molar-refractivity contribution in [1.29, 1.82) is 0 Å². The molecule has 0 bridgehead atoms. The molecule has 0 radical (unpaired) electrons. The van der Waals surface area contributed by atoms with Gasteiger partial charge in [0.05, 0.1) is 5.75 Å². The quantitative estimate of drug-likeness (QED) is 0.907. The number of aromatic hydroxyl groups is 1. The van der Waals surface area contributed by atoms with E-state index < -0.39 is 9.84 Å². The SMILES string of the molecule is CS(=O)(=O)Cc1ccc(C(=O)Nc2cccc(O)c2)cc1. The molecule has 0 unspecified atom stereocenters. The van der Waals surface area contributed by atoms with E-state index >= 15 is 0 Å². The molecule has 0 aliphatic rings. The largest absolute Gasteiger partial charge is 0.508 e. The third-order valence-electron chi connectivity index (χ3n) is 2.75. The van der Waals surface area contributed by atoms with Gasteiger partial charge in [0, 0.05) is 23.6 Å². The highest BCUT2D eigenvalue weighted by Crippen LogP contribution is 2.16. The molecule has 0 heterocycles. The minimum Gasteiger partial charge on any atom is -0.508 e. The first-order valence-electron chi connectivity index (χ1n) is 6.20. The third-order valence-corrected chi connectivity index (χ3v) is 3.61. The normalized spacial score (nSPS) is 11.1. The van der Waals surface area contributed by atoms with Crippen LogP contribution < -0.4 is 5.32 Å². The molecule has 2 aromatic rings. The second-order valence-corrected chi connectivity index (χ2v) is 6.91. The summed E-state index contributed by atoms with van der Waals surface area (Å²) in [5, 5.41) is 12.0. The summed E-state index contributed by atoms with van der Waals surface area (Å²) in [7, 11) is -3.09. The number of phenolic OH excluding ortho intramolecular Hbond substituents is 1. The van der Waals surface area contributed by atoms with Gasteiger partial charge in [0.15, 0.2) is 9.84 Å². The first kappa shape index (κ1) is 15.1. The van der Waals surface area contributed by atoms with Crippen LogP contribution in [0.2, 0.25) is 0 Å². The molecule has 0 saturated heterocycles.